The summed E-state index contributed by atoms with van der Waals surface area (Å²) in [5.41, 5.74) is 0. The van der Waals surface area contributed by atoms with Gasteiger partial charge in [-0.3, -0.25) is 0 Å². The molecular formula is C7H15F2NO. The monoisotopic (exact) mass is 167 g/mol. The Morgan fingerprint density at radius 2 is 2.00 bits per heavy atom. The minimum atomic E-state index is -2.33. The van der Waals surface area contributed by atoms with Gasteiger partial charge in [0, 0.05) is 6.54 Å². The fourth-order valence-corrected chi connectivity index (χ4v) is 0.794. The first-order valence-electron chi connectivity index (χ1n) is 3.83. The maximum absolute atomic E-state index is 11.5. The Morgan fingerprint density at radius 3 is 2.45 bits per heavy atom. The van der Waals surface area contributed by atoms with Crippen molar-refractivity contribution in [1.82, 2.24) is 5.32 Å². The van der Waals surface area contributed by atoms with Crippen molar-refractivity contribution in [2.24, 2.45) is 0 Å². The highest BCUT2D eigenvalue weighted by Gasteiger charge is 2.04. The molecule has 0 aliphatic heterocycles. The van der Waals surface area contributed by atoms with E-state index in [4.69, 9.17) is 5.11 Å². The second-order valence-corrected chi connectivity index (χ2v) is 2.49. The SMILES string of the molecule is CCCC(O)CNCC(F)F. The van der Waals surface area contributed by atoms with Crippen LogP contribution < -0.4 is 5.32 Å². The Bertz CT molecular complexity index is 90.5. The van der Waals surface area contributed by atoms with Gasteiger partial charge in [0.25, 0.3) is 6.43 Å². The summed E-state index contributed by atoms with van der Waals surface area (Å²) >= 11 is 0. The second-order valence-electron chi connectivity index (χ2n) is 2.49. The molecule has 0 fully saturated rings. The molecule has 0 saturated carbocycles. The summed E-state index contributed by atoms with van der Waals surface area (Å²) in [5, 5.41) is 11.5. The Morgan fingerprint density at radius 1 is 1.36 bits per heavy atom. The number of hydrogen-bond acceptors (Lipinski definition) is 2. The highest BCUT2D eigenvalue weighted by molar-refractivity contribution is 4.58. The first kappa shape index (κ1) is 10.8. The molecule has 0 aliphatic rings. The van der Waals surface area contributed by atoms with E-state index in [0.717, 1.165) is 6.42 Å². The molecule has 2 nitrogen and oxygen atoms in total. The van der Waals surface area contributed by atoms with Crippen LogP contribution in [0.4, 0.5) is 8.78 Å². The average Bonchev–Trinajstić information content (AvgIpc) is 1.87. The molecule has 0 aromatic rings. The minimum Gasteiger partial charge on any atom is -0.392 e. The Kier molecular flexibility index (Phi) is 6.36. The zero-order valence-electron chi connectivity index (χ0n) is 6.69. The van der Waals surface area contributed by atoms with E-state index in [0.29, 0.717) is 6.42 Å². The lowest BCUT2D eigenvalue weighted by atomic mass is 10.2. The topological polar surface area (TPSA) is 32.3 Å². The average molecular weight is 167 g/mol. The molecule has 0 radical (unpaired) electrons. The molecule has 0 aromatic heterocycles. The van der Waals surface area contributed by atoms with Crippen LogP contribution in [0.25, 0.3) is 0 Å². The van der Waals surface area contributed by atoms with E-state index in [9.17, 15) is 8.78 Å². The van der Waals surface area contributed by atoms with Gasteiger partial charge >= 0.3 is 0 Å². The lowest BCUT2D eigenvalue weighted by molar-refractivity contribution is 0.125. The first-order valence-corrected chi connectivity index (χ1v) is 3.83. The van der Waals surface area contributed by atoms with Crippen molar-refractivity contribution in [3.8, 4) is 0 Å². The van der Waals surface area contributed by atoms with E-state index in [1.54, 1.807) is 0 Å². The van der Waals surface area contributed by atoms with Crippen LogP contribution in [0.2, 0.25) is 0 Å². The molecular weight excluding hydrogens is 152 g/mol. The molecule has 2 N–H and O–H groups in total. The van der Waals surface area contributed by atoms with Gasteiger partial charge in [-0.2, -0.15) is 0 Å². The van der Waals surface area contributed by atoms with Gasteiger partial charge in [-0.1, -0.05) is 13.3 Å². The number of nitrogens with one attached hydrogen (secondary N) is 1. The molecule has 1 unspecified atom stereocenters. The number of alkyl halides is 2. The molecule has 0 saturated heterocycles. The van der Waals surface area contributed by atoms with Crippen molar-refractivity contribution in [2.75, 3.05) is 13.1 Å². The number of rotatable bonds is 6. The quantitative estimate of drug-likeness (QED) is 0.618. The van der Waals surface area contributed by atoms with Crippen LogP contribution in [0.15, 0.2) is 0 Å². The lowest BCUT2D eigenvalue weighted by Gasteiger charge is -2.09. The molecule has 0 amide bonds. The predicted molar refractivity (Wildman–Crippen MR) is 39.8 cm³/mol. The van der Waals surface area contributed by atoms with Crippen molar-refractivity contribution < 1.29 is 13.9 Å². The molecule has 0 bridgehead atoms. The second kappa shape index (κ2) is 6.49. The van der Waals surface area contributed by atoms with E-state index in [-0.39, 0.29) is 13.1 Å². The number of aliphatic hydroxyl groups is 1. The highest BCUT2D eigenvalue weighted by Crippen LogP contribution is 1.94. The molecule has 0 heterocycles. The largest absolute Gasteiger partial charge is 0.392 e. The van der Waals surface area contributed by atoms with Crippen LogP contribution in [0, 0.1) is 0 Å². The van der Waals surface area contributed by atoms with E-state index in [1.165, 1.54) is 0 Å². The van der Waals surface area contributed by atoms with Crippen LogP contribution in [-0.2, 0) is 0 Å². The maximum Gasteiger partial charge on any atom is 0.250 e. The standard InChI is InChI=1S/C7H15F2NO/c1-2-3-6(11)4-10-5-7(8)9/h6-7,10-11H,2-5H2,1H3. The summed E-state index contributed by atoms with van der Waals surface area (Å²) in [4.78, 5) is 0. The third kappa shape index (κ3) is 7.68. The summed E-state index contributed by atoms with van der Waals surface area (Å²) in [7, 11) is 0. The van der Waals surface area contributed by atoms with E-state index >= 15 is 0 Å². The molecule has 0 aromatic carbocycles. The summed E-state index contributed by atoms with van der Waals surface area (Å²) in [5.74, 6) is 0. The van der Waals surface area contributed by atoms with E-state index in [2.05, 4.69) is 5.32 Å². The van der Waals surface area contributed by atoms with Crippen LogP contribution in [0.3, 0.4) is 0 Å². The fraction of sp³-hybridized carbons (Fsp3) is 1.00. The summed E-state index contributed by atoms with van der Waals surface area (Å²) in [6.07, 6.45) is -1.28. The van der Waals surface area contributed by atoms with Crippen molar-refractivity contribution in [3.05, 3.63) is 0 Å². The van der Waals surface area contributed by atoms with Crippen molar-refractivity contribution in [3.63, 3.8) is 0 Å². The molecule has 11 heavy (non-hydrogen) atoms. The van der Waals surface area contributed by atoms with E-state index < -0.39 is 12.5 Å². The first-order chi connectivity index (χ1) is 5.16. The summed E-state index contributed by atoms with van der Waals surface area (Å²) in [6.45, 7) is 1.87. The highest BCUT2D eigenvalue weighted by atomic mass is 19.3. The maximum atomic E-state index is 11.5. The lowest BCUT2D eigenvalue weighted by Crippen LogP contribution is -2.30. The molecule has 4 heteroatoms. The van der Waals surface area contributed by atoms with Gasteiger partial charge in [-0.05, 0) is 6.42 Å². The van der Waals surface area contributed by atoms with Crippen LogP contribution in [0.5, 0.6) is 0 Å². The fourth-order valence-electron chi connectivity index (χ4n) is 0.794. The Hall–Kier alpha value is -0.220. The van der Waals surface area contributed by atoms with Gasteiger partial charge in [0.15, 0.2) is 0 Å². The molecule has 68 valence electrons. The zero-order valence-corrected chi connectivity index (χ0v) is 6.69. The molecule has 1 atom stereocenters. The molecule has 0 aliphatic carbocycles. The van der Waals surface area contributed by atoms with Crippen molar-refractivity contribution in [1.29, 1.82) is 0 Å². The van der Waals surface area contributed by atoms with Gasteiger partial charge < -0.3 is 10.4 Å². The van der Waals surface area contributed by atoms with Crippen LogP contribution in [-0.4, -0.2) is 30.7 Å². The Balaban J connectivity index is 3.10. The van der Waals surface area contributed by atoms with Crippen molar-refractivity contribution >= 4 is 0 Å². The number of aliphatic hydroxyl groups excluding tert-OH is 1. The summed E-state index contributed by atoms with van der Waals surface area (Å²) in [6, 6.07) is 0. The van der Waals surface area contributed by atoms with Crippen LogP contribution >= 0.6 is 0 Å². The van der Waals surface area contributed by atoms with Gasteiger partial charge in [0.1, 0.15) is 0 Å². The summed E-state index contributed by atoms with van der Waals surface area (Å²) < 4.78 is 23.1. The van der Waals surface area contributed by atoms with Crippen LogP contribution in [0.1, 0.15) is 19.8 Å². The molecule has 0 spiro atoms. The van der Waals surface area contributed by atoms with Crippen molar-refractivity contribution in [2.45, 2.75) is 32.3 Å². The predicted octanol–water partition coefficient (Wildman–Crippen LogP) is 1.00. The van der Waals surface area contributed by atoms with Gasteiger partial charge in [-0.25, -0.2) is 8.78 Å². The van der Waals surface area contributed by atoms with E-state index in [1.807, 2.05) is 6.92 Å². The van der Waals surface area contributed by atoms with Gasteiger partial charge in [0.05, 0.1) is 12.6 Å². The minimum absolute atomic E-state index is 0.262. The normalized spacial score (nSPS) is 13.9. The van der Waals surface area contributed by atoms with Gasteiger partial charge in [-0.15, -0.1) is 0 Å². The third-order valence-corrected chi connectivity index (χ3v) is 1.30. The number of hydrogen-bond donors (Lipinski definition) is 2. The number of halogens is 2. The Labute approximate surface area is 65.6 Å². The zero-order chi connectivity index (χ0) is 8.69. The van der Waals surface area contributed by atoms with Gasteiger partial charge in [0.2, 0.25) is 0 Å². The third-order valence-electron chi connectivity index (χ3n) is 1.30. The molecule has 0 rings (SSSR count). The smallest absolute Gasteiger partial charge is 0.250 e.